The molecule has 1 unspecified atom stereocenters. The van der Waals surface area contributed by atoms with Gasteiger partial charge in [0, 0.05) is 48.7 Å². The maximum atomic E-state index is 16.1. The van der Waals surface area contributed by atoms with Gasteiger partial charge in [0.1, 0.15) is 23.6 Å². The van der Waals surface area contributed by atoms with E-state index in [9.17, 15) is 29.1 Å². The van der Waals surface area contributed by atoms with Crippen molar-refractivity contribution < 1.29 is 41.7 Å². The number of nitriles is 1. The topological polar surface area (TPSA) is 183 Å². The molecule has 0 aliphatic carbocycles. The minimum atomic E-state index is -3.51. The van der Waals surface area contributed by atoms with Crippen LogP contribution >= 0.6 is 10.6 Å². The Bertz CT molecular complexity index is 1920. The van der Waals surface area contributed by atoms with Gasteiger partial charge < -0.3 is 24.8 Å². The summed E-state index contributed by atoms with van der Waals surface area (Å²) in [6.45, 7) is 3.28. The molecule has 54 heavy (non-hydrogen) atoms. The number of halogens is 3. The molecule has 3 aliphatic heterocycles. The van der Waals surface area contributed by atoms with Crippen LogP contribution in [-0.2, 0) is 27.4 Å². The molecule has 0 spiro atoms. The summed E-state index contributed by atoms with van der Waals surface area (Å²) in [6, 6.07) is 6.82. The fraction of sp³-hybridized carbons (Fsp3) is 0.595. The smallest absolute Gasteiger partial charge is 0.407 e. The van der Waals surface area contributed by atoms with Crippen LogP contribution in [0.1, 0.15) is 87.4 Å². The molecule has 6 rings (SSSR count). The highest BCUT2D eigenvalue weighted by molar-refractivity contribution is 8.24. The van der Waals surface area contributed by atoms with E-state index >= 15 is 13.2 Å². The molecule has 3 aliphatic rings. The first-order valence-electron chi connectivity index (χ1n) is 18.4. The number of piperidine rings is 1. The van der Waals surface area contributed by atoms with Crippen LogP contribution in [0.2, 0.25) is 0 Å². The number of aryl methyl sites for hydroxylation is 1. The van der Waals surface area contributed by atoms with E-state index < -0.39 is 63.3 Å². The molecule has 4 N–H and O–H groups in total. The Hall–Kier alpha value is -3.95. The van der Waals surface area contributed by atoms with E-state index in [1.165, 1.54) is 27.9 Å². The number of carbonyl (C=O) groups is 1. The summed E-state index contributed by atoms with van der Waals surface area (Å²) in [5.41, 5.74) is -2.05. The molecule has 13 nitrogen and oxygen atoms in total. The number of fused-ring (bicyclic) bond motifs is 1. The van der Waals surface area contributed by atoms with E-state index in [0.29, 0.717) is 31.4 Å². The van der Waals surface area contributed by atoms with Crippen LogP contribution < -0.4 is 10.9 Å². The van der Waals surface area contributed by atoms with Crippen molar-refractivity contribution in [1.29, 1.82) is 5.26 Å². The average Bonchev–Trinajstić information content (AvgIpc) is 3.66. The van der Waals surface area contributed by atoms with Crippen molar-refractivity contribution in [3.05, 3.63) is 63.5 Å². The maximum Gasteiger partial charge on any atom is 0.407 e. The van der Waals surface area contributed by atoms with Gasteiger partial charge in [0.05, 0.1) is 41.7 Å². The Kier molecular flexibility index (Phi) is 12.1. The van der Waals surface area contributed by atoms with Crippen LogP contribution in [0.4, 0.5) is 23.8 Å². The number of nitrogens with one attached hydrogen (secondary N) is 1. The standard InChI is InChI=1S/C37H47F3N6O7S/c1-24(26-6-5-7-28(31(26)38)37(39,40)21-25-9-14-45(15-10-25)35(48)49)44-32-27-20-29(36(22-41)11-18-54(50,51)19-12-36)34(47)46(33(27)43-23-42-32)13-4-2-3-8-30-52-16-17-53-30/h5-7,20,23-25,30,50-51H,2-4,8-19,21H2,1H3,(H,48,49)(H,42,43,44). The highest BCUT2D eigenvalue weighted by Gasteiger charge is 2.42. The van der Waals surface area contributed by atoms with Crippen LogP contribution in [0.25, 0.3) is 11.0 Å². The number of pyridine rings is 1. The fourth-order valence-electron chi connectivity index (χ4n) is 7.77. The third-order valence-corrected chi connectivity index (χ3v) is 12.7. The number of carboxylic acid groups (broad SMARTS) is 1. The van der Waals surface area contributed by atoms with Crippen molar-refractivity contribution in [2.75, 3.05) is 43.1 Å². The molecule has 0 radical (unpaired) electrons. The second kappa shape index (κ2) is 16.4. The van der Waals surface area contributed by atoms with Crippen LogP contribution in [-0.4, -0.2) is 83.8 Å². The van der Waals surface area contributed by atoms with Crippen LogP contribution in [0.3, 0.4) is 0 Å². The summed E-state index contributed by atoms with van der Waals surface area (Å²) in [7, 11) is -2.88. The molecule has 5 heterocycles. The zero-order chi connectivity index (χ0) is 38.7. The van der Waals surface area contributed by atoms with Crippen LogP contribution in [0, 0.1) is 23.1 Å². The van der Waals surface area contributed by atoms with Crippen molar-refractivity contribution in [2.45, 2.75) is 94.9 Å². The lowest BCUT2D eigenvalue weighted by atomic mass is 9.77. The summed E-state index contributed by atoms with van der Waals surface area (Å²) in [6.07, 6.45) is 2.81. The molecule has 0 bridgehead atoms. The molecular weight excluding hydrogens is 730 g/mol. The number of hydrogen-bond donors (Lipinski definition) is 4. The predicted molar refractivity (Wildman–Crippen MR) is 196 cm³/mol. The highest BCUT2D eigenvalue weighted by Crippen LogP contribution is 2.51. The van der Waals surface area contributed by atoms with Crippen LogP contribution in [0.5, 0.6) is 0 Å². The van der Waals surface area contributed by atoms with E-state index in [-0.39, 0.29) is 85.7 Å². The third-order valence-electron chi connectivity index (χ3n) is 11.0. The average molecular weight is 777 g/mol. The molecular formula is C37H47F3N6O7S. The van der Waals surface area contributed by atoms with Gasteiger partial charge in [0.2, 0.25) is 0 Å². The van der Waals surface area contributed by atoms with E-state index in [1.54, 1.807) is 13.0 Å². The highest BCUT2D eigenvalue weighted by atomic mass is 32.3. The Morgan fingerprint density at radius 3 is 2.52 bits per heavy atom. The lowest BCUT2D eigenvalue weighted by molar-refractivity contribution is -0.0480. The zero-order valence-electron chi connectivity index (χ0n) is 30.2. The molecule has 17 heteroatoms. The maximum absolute atomic E-state index is 16.1. The number of unbranched alkanes of at least 4 members (excludes halogenated alkanes) is 2. The lowest BCUT2D eigenvalue weighted by Gasteiger charge is -2.42. The summed E-state index contributed by atoms with van der Waals surface area (Å²) in [4.78, 5) is 35.5. The van der Waals surface area contributed by atoms with Crippen molar-refractivity contribution in [3.8, 4) is 6.07 Å². The molecule has 3 aromatic rings. The summed E-state index contributed by atoms with van der Waals surface area (Å²) in [5, 5.41) is 23.2. The van der Waals surface area contributed by atoms with Gasteiger partial charge in [0.25, 0.3) is 11.5 Å². The van der Waals surface area contributed by atoms with Crippen molar-refractivity contribution in [2.24, 2.45) is 5.92 Å². The fourth-order valence-corrected chi connectivity index (χ4v) is 9.33. The first-order chi connectivity index (χ1) is 25.7. The Morgan fingerprint density at radius 1 is 1.15 bits per heavy atom. The number of benzene rings is 1. The zero-order valence-corrected chi connectivity index (χ0v) is 31.0. The number of anilines is 1. The van der Waals surface area contributed by atoms with E-state index in [2.05, 4.69) is 21.4 Å². The first kappa shape index (κ1) is 39.7. The van der Waals surface area contributed by atoms with Gasteiger partial charge >= 0.3 is 6.09 Å². The Labute approximate surface area is 312 Å². The summed E-state index contributed by atoms with van der Waals surface area (Å²) < 4.78 is 80.6. The van der Waals surface area contributed by atoms with E-state index in [1.807, 2.05) is 0 Å². The largest absolute Gasteiger partial charge is 0.465 e. The predicted octanol–water partition coefficient (Wildman–Crippen LogP) is 7.21. The Morgan fingerprint density at radius 2 is 1.85 bits per heavy atom. The molecule has 1 amide bonds. The van der Waals surface area contributed by atoms with Gasteiger partial charge in [-0.15, -0.1) is 0 Å². The first-order valence-corrected chi connectivity index (χ1v) is 20.3. The van der Waals surface area contributed by atoms with Crippen molar-refractivity contribution in [1.82, 2.24) is 19.4 Å². The third kappa shape index (κ3) is 8.63. The SMILES string of the molecule is CC(Nc1ncnc2c1cc(C1(C#N)CCS(O)(O)CC1)c(=O)n2CCCCCC1OCCO1)c1cccc(C(F)(F)CC2CCN(C(=O)O)CC2)c1F. The van der Waals surface area contributed by atoms with Gasteiger partial charge in [-0.25, -0.2) is 27.9 Å². The number of likely N-dealkylation sites (tertiary alicyclic amines) is 1. The molecule has 2 aromatic heterocycles. The lowest BCUT2D eigenvalue weighted by Crippen LogP contribution is -2.40. The summed E-state index contributed by atoms with van der Waals surface area (Å²) >= 11 is 0. The minimum Gasteiger partial charge on any atom is -0.465 e. The van der Waals surface area contributed by atoms with Gasteiger partial charge in [-0.1, -0.05) is 24.6 Å². The van der Waals surface area contributed by atoms with Crippen LogP contribution in [0.15, 0.2) is 35.4 Å². The van der Waals surface area contributed by atoms with Crippen molar-refractivity contribution in [3.63, 3.8) is 0 Å². The van der Waals surface area contributed by atoms with Crippen molar-refractivity contribution >= 4 is 33.5 Å². The molecule has 294 valence electrons. The molecule has 1 atom stereocenters. The van der Waals surface area contributed by atoms with Gasteiger partial charge in [0.15, 0.2) is 6.29 Å². The number of hydrogen-bond acceptors (Lipinski definition) is 10. The summed E-state index contributed by atoms with van der Waals surface area (Å²) in [5.74, 6) is -4.91. The minimum absolute atomic E-state index is 0.0292. The Balaban J connectivity index is 1.29. The van der Waals surface area contributed by atoms with E-state index in [4.69, 9.17) is 9.47 Å². The van der Waals surface area contributed by atoms with Gasteiger partial charge in [-0.05, 0) is 63.9 Å². The number of nitrogens with zero attached hydrogens (tertiary/aromatic N) is 5. The van der Waals surface area contributed by atoms with Gasteiger partial charge in [-0.2, -0.15) is 15.9 Å². The molecule has 1 aromatic carbocycles. The molecule has 0 saturated carbocycles. The number of ether oxygens (including phenoxy) is 2. The number of alkyl halides is 2. The molecule has 3 saturated heterocycles. The normalized spacial score (nSPS) is 20.4. The quantitative estimate of drug-likeness (QED) is 0.129. The molecule has 3 fully saturated rings. The second-order valence-corrected chi connectivity index (χ2v) is 17.0. The number of aromatic nitrogens is 3. The van der Waals surface area contributed by atoms with E-state index in [0.717, 1.165) is 18.9 Å². The monoisotopic (exact) mass is 776 g/mol. The number of rotatable bonds is 13. The number of amides is 1. The van der Waals surface area contributed by atoms with Gasteiger partial charge in [-0.3, -0.25) is 18.5 Å². The second-order valence-electron chi connectivity index (χ2n) is 14.6.